The van der Waals surface area contributed by atoms with E-state index in [9.17, 15) is 4.79 Å². The van der Waals surface area contributed by atoms with Gasteiger partial charge in [0.15, 0.2) is 5.11 Å². The first kappa shape index (κ1) is 16.5. The second-order valence-corrected chi connectivity index (χ2v) is 5.84. The molecule has 0 amide bonds. The summed E-state index contributed by atoms with van der Waals surface area (Å²) in [6.07, 6.45) is 0. The van der Waals surface area contributed by atoms with Crippen molar-refractivity contribution in [2.75, 3.05) is 24.9 Å². The summed E-state index contributed by atoms with van der Waals surface area (Å²) in [6, 6.07) is 6.90. The number of thiophene rings is 1. The fourth-order valence-electron chi connectivity index (χ4n) is 1.71. The normalized spacial score (nSPS) is 9.95. The molecule has 0 aliphatic carbocycles. The number of hydrogen-bond donors (Lipinski definition) is 2. The Balaban J connectivity index is 2.13. The van der Waals surface area contributed by atoms with Crippen LogP contribution in [0.4, 0.5) is 11.4 Å². The third kappa shape index (κ3) is 3.88. The van der Waals surface area contributed by atoms with E-state index >= 15 is 0 Å². The molecule has 0 saturated carbocycles. The molecule has 1 aromatic carbocycles. The number of thiocarbonyl (C=S) groups is 1. The van der Waals surface area contributed by atoms with Crippen LogP contribution in [-0.4, -0.2) is 25.3 Å². The number of carbonyl (C=O) groups excluding carboxylic acids is 1. The van der Waals surface area contributed by atoms with Gasteiger partial charge < -0.3 is 20.1 Å². The van der Waals surface area contributed by atoms with Gasteiger partial charge in [0.25, 0.3) is 0 Å². The monoisotopic (exact) mass is 356 g/mol. The number of benzene rings is 1. The van der Waals surface area contributed by atoms with Crippen molar-refractivity contribution in [1.29, 1.82) is 0 Å². The number of esters is 1. The molecule has 2 rings (SSSR count). The van der Waals surface area contributed by atoms with Crippen molar-refractivity contribution < 1.29 is 14.3 Å². The maximum atomic E-state index is 11.6. The van der Waals surface area contributed by atoms with Gasteiger partial charge in [-0.05, 0) is 41.9 Å². The standard InChI is InChI=1S/C14H13ClN2O3S2/c1-19-11-4-3-8(15)7-10(11)17-14(21)16-9-5-6-22-12(9)13(18)20-2/h3-7H,1-2H3,(H2,16,17,21). The van der Waals surface area contributed by atoms with Gasteiger partial charge in [-0.2, -0.15) is 0 Å². The number of carbonyl (C=O) groups is 1. The van der Waals surface area contributed by atoms with E-state index in [1.807, 2.05) is 0 Å². The Hall–Kier alpha value is -1.83. The van der Waals surface area contributed by atoms with Crippen molar-refractivity contribution in [2.45, 2.75) is 0 Å². The van der Waals surface area contributed by atoms with Crippen LogP contribution in [0.1, 0.15) is 9.67 Å². The van der Waals surface area contributed by atoms with E-state index in [1.165, 1.54) is 18.4 Å². The molecule has 0 bridgehead atoms. The van der Waals surface area contributed by atoms with Gasteiger partial charge in [-0.3, -0.25) is 0 Å². The predicted molar refractivity (Wildman–Crippen MR) is 93.5 cm³/mol. The molecule has 1 aromatic heterocycles. The Bertz CT molecular complexity index is 703. The van der Waals surface area contributed by atoms with Crippen molar-refractivity contribution in [2.24, 2.45) is 0 Å². The van der Waals surface area contributed by atoms with E-state index in [2.05, 4.69) is 10.6 Å². The Morgan fingerprint density at radius 3 is 2.64 bits per heavy atom. The maximum absolute atomic E-state index is 11.6. The molecule has 0 spiro atoms. The highest BCUT2D eigenvalue weighted by atomic mass is 35.5. The van der Waals surface area contributed by atoms with Crippen molar-refractivity contribution in [1.82, 2.24) is 0 Å². The molecular weight excluding hydrogens is 344 g/mol. The van der Waals surface area contributed by atoms with E-state index in [1.54, 1.807) is 36.8 Å². The number of methoxy groups -OCH3 is 2. The highest BCUT2D eigenvalue weighted by molar-refractivity contribution is 7.80. The molecule has 2 N–H and O–H groups in total. The second-order valence-electron chi connectivity index (χ2n) is 4.08. The van der Waals surface area contributed by atoms with Crippen LogP contribution in [0, 0.1) is 0 Å². The topological polar surface area (TPSA) is 59.6 Å². The third-order valence-electron chi connectivity index (χ3n) is 2.69. The Kier molecular flexibility index (Phi) is 5.59. The van der Waals surface area contributed by atoms with Gasteiger partial charge in [-0.1, -0.05) is 11.6 Å². The smallest absolute Gasteiger partial charge is 0.350 e. The molecule has 116 valence electrons. The van der Waals surface area contributed by atoms with Gasteiger partial charge in [0.05, 0.1) is 25.6 Å². The highest BCUT2D eigenvalue weighted by Crippen LogP contribution is 2.28. The summed E-state index contributed by atoms with van der Waals surface area (Å²) in [4.78, 5) is 12.1. The lowest BCUT2D eigenvalue weighted by atomic mass is 10.3. The largest absolute Gasteiger partial charge is 0.495 e. The average Bonchev–Trinajstić information content (AvgIpc) is 2.94. The van der Waals surface area contributed by atoms with Gasteiger partial charge >= 0.3 is 5.97 Å². The lowest BCUT2D eigenvalue weighted by molar-refractivity contribution is 0.0607. The first-order valence-electron chi connectivity index (χ1n) is 6.12. The van der Waals surface area contributed by atoms with E-state index < -0.39 is 5.97 Å². The van der Waals surface area contributed by atoms with Crippen LogP contribution in [0.2, 0.25) is 5.02 Å². The molecule has 0 unspecified atom stereocenters. The van der Waals surface area contributed by atoms with Gasteiger partial charge in [-0.25, -0.2) is 4.79 Å². The highest BCUT2D eigenvalue weighted by Gasteiger charge is 2.15. The van der Waals surface area contributed by atoms with Crippen LogP contribution in [0.15, 0.2) is 29.6 Å². The number of hydrogen-bond acceptors (Lipinski definition) is 5. The van der Waals surface area contributed by atoms with Gasteiger partial charge in [0, 0.05) is 5.02 Å². The minimum Gasteiger partial charge on any atom is -0.495 e. The van der Waals surface area contributed by atoms with Crippen LogP contribution >= 0.6 is 35.2 Å². The molecule has 5 nitrogen and oxygen atoms in total. The van der Waals surface area contributed by atoms with Crippen LogP contribution in [-0.2, 0) is 4.74 Å². The molecular formula is C14H13ClN2O3S2. The number of ether oxygens (including phenoxy) is 2. The zero-order valence-corrected chi connectivity index (χ0v) is 14.2. The van der Waals surface area contributed by atoms with E-state index in [0.29, 0.717) is 32.1 Å². The molecule has 0 aliphatic heterocycles. The lowest BCUT2D eigenvalue weighted by Crippen LogP contribution is -2.20. The molecule has 8 heteroatoms. The van der Waals surface area contributed by atoms with Crippen molar-refractivity contribution >= 4 is 57.6 Å². The van der Waals surface area contributed by atoms with Crippen LogP contribution < -0.4 is 15.4 Å². The first-order valence-corrected chi connectivity index (χ1v) is 7.79. The van der Waals surface area contributed by atoms with E-state index in [4.69, 9.17) is 33.3 Å². The summed E-state index contributed by atoms with van der Waals surface area (Å²) < 4.78 is 9.95. The SMILES string of the molecule is COC(=O)c1sccc1NC(=S)Nc1cc(Cl)ccc1OC. The molecule has 0 fully saturated rings. The summed E-state index contributed by atoms with van der Waals surface area (Å²) in [6.45, 7) is 0. The fourth-order valence-corrected chi connectivity index (χ4v) is 2.87. The number of nitrogens with one attached hydrogen (secondary N) is 2. The maximum Gasteiger partial charge on any atom is 0.350 e. The Morgan fingerprint density at radius 1 is 1.23 bits per heavy atom. The fraction of sp³-hybridized carbons (Fsp3) is 0.143. The Morgan fingerprint density at radius 2 is 1.95 bits per heavy atom. The summed E-state index contributed by atoms with van der Waals surface area (Å²) in [5, 5.41) is 8.58. The summed E-state index contributed by atoms with van der Waals surface area (Å²) in [5.74, 6) is 0.188. The second kappa shape index (κ2) is 7.44. The van der Waals surface area contributed by atoms with Crippen molar-refractivity contribution in [3.8, 4) is 5.75 Å². The van der Waals surface area contributed by atoms with Crippen molar-refractivity contribution in [3.63, 3.8) is 0 Å². The minimum absolute atomic E-state index is 0.309. The summed E-state index contributed by atoms with van der Waals surface area (Å²) in [5.41, 5.74) is 1.21. The molecule has 2 aromatic rings. The van der Waals surface area contributed by atoms with Gasteiger partial charge in [0.2, 0.25) is 0 Å². The Labute approximate surface area is 142 Å². The first-order chi connectivity index (χ1) is 10.5. The van der Waals surface area contributed by atoms with Gasteiger partial charge in [-0.15, -0.1) is 11.3 Å². The minimum atomic E-state index is -0.416. The molecule has 22 heavy (non-hydrogen) atoms. The van der Waals surface area contributed by atoms with E-state index in [0.717, 1.165) is 0 Å². The molecule has 0 saturated heterocycles. The molecule has 0 atom stereocenters. The summed E-state index contributed by atoms with van der Waals surface area (Å²) in [7, 11) is 2.89. The number of rotatable bonds is 4. The zero-order valence-electron chi connectivity index (χ0n) is 11.8. The summed E-state index contributed by atoms with van der Waals surface area (Å²) >= 11 is 12.5. The van der Waals surface area contributed by atoms with Crippen LogP contribution in [0.5, 0.6) is 5.75 Å². The van der Waals surface area contributed by atoms with Crippen LogP contribution in [0.25, 0.3) is 0 Å². The number of anilines is 2. The lowest BCUT2D eigenvalue weighted by Gasteiger charge is -2.13. The zero-order chi connectivity index (χ0) is 16.1. The predicted octanol–water partition coefficient (Wildman–Crippen LogP) is 4.01. The van der Waals surface area contributed by atoms with Crippen LogP contribution in [0.3, 0.4) is 0 Å². The number of halogens is 1. The molecule has 0 aliphatic rings. The van der Waals surface area contributed by atoms with Crippen molar-refractivity contribution in [3.05, 3.63) is 39.5 Å². The molecule has 1 heterocycles. The van der Waals surface area contributed by atoms with Gasteiger partial charge in [0.1, 0.15) is 10.6 Å². The average molecular weight is 357 g/mol. The van der Waals surface area contributed by atoms with E-state index in [-0.39, 0.29) is 0 Å². The molecule has 0 radical (unpaired) electrons. The quantitative estimate of drug-likeness (QED) is 0.637. The third-order valence-corrected chi connectivity index (χ3v) is 4.03.